The molecule has 0 aliphatic carbocycles. The van der Waals surface area contributed by atoms with Crippen molar-refractivity contribution in [2.45, 2.75) is 6.92 Å². The second kappa shape index (κ2) is 4.41. The molecule has 1 aromatic heterocycles. The van der Waals surface area contributed by atoms with Crippen molar-refractivity contribution in [2.75, 3.05) is 18.5 Å². The Morgan fingerprint density at radius 2 is 2.21 bits per heavy atom. The van der Waals surface area contributed by atoms with Crippen molar-refractivity contribution in [1.29, 1.82) is 0 Å². The highest BCUT2D eigenvalue weighted by molar-refractivity contribution is 6.12. The van der Waals surface area contributed by atoms with E-state index in [1.54, 1.807) is 19.5 Å². The lowest BCUT2D eigenvalue weighted by Crippen LogP contribution is -2.02. The van der Waals surface area contributed by atoms with Crippen LogP contribution in [0.1, 0.15) is 12.5 Å². The van der Waals surface area contributed by atoms with Crippen LogP contribution in [0, 0.1) is 0 Å². The fourth-order valence-corrected chi connectivity index (χ4v) is 1.18. The summed E-state index contributed by atoms with van der Waals surface area (Å²) in [6, 6.07) is 1.82. The largest absolute Gasteiger partial charge is 0.395 e. The second-order valence-corrected chi connectivity index (χ2v) is 2.79. The molecule has 0 aliphatic heterocycles. The molecule has 1 rings (SSSR count). The molecule has 4 nitrogen and oxygen atoms in total. The van der Waals surface area contributed by atoms with Crippen LogP contribution in [0.15, 0.2) is 23.3 Å². The van der Waals surface area contributed by atoms with Gasteiger partial charge in [-0.15, -0.1) is 0 Å². The molecule has 0 atom stereocenters. The summed E-state index contributed by atoms with van der Waals surface area (Å²) in [5, 5.41) is 0. The first-order valence-electron chi connectivity index (χ1n) is 4.29. The summed E-state index contributed by atoms with van der Waals surface area (Å²) in [5.74, 6) is 0.353. The lowest BCUT2D eigenvalue weighted by atomic mass is 10.1. The molecule has 14 heavy (non-hydrogen) atoms. The average Bonchev–Trinajstić information content (AvgIpc) is 2.19. The molecule has 0 saturated heterocycles. The van der Waals surface area contributed by atoms with Crippen LogP contribution < -0.4 is 11.5 Å². The topological polar surface area (TPSA) is 77.3 Å². The Hall–Kier alpha value is -1.84. The molecule has 0 unspecified atom stereocenters. The van der Waals surface area contributed by atoms with Gasteiger partial charge in [0.25, 0.3) is 0 Å². The summed E-state index contributed by atoms with van der Waals surface area (Å²) in [4.78, 5) is 7.84. The highest BCUT2D eigenvalue weighted by Crippen LogP contribution is 2.23. The van der Waals surface area contributed by atoms with Crippen molar-refractivity contribution in [2.24, 2.45) is 4.99 Å². The highest BCUT2D eigenvalue weighted by Gasteiger charge is 2.05. The number of hydrogen-bond donors (Lipinski definition) is 2. The number of nitrogens with two attached hydrogens (primary N) is 2. The fraction of sp³-hybridized carbons (Fsp3) is 0.200. The fourth-order valence-electron chi connectivity index (χ4n) is 1.18. The zero-order valence-electron chi connectivity index (χ0n) is 8.36. The number of aliphatic imine (C=N–C) groups is 1. The minimum atomic E-state index is 0.353. The van der Waals surface area contributed by atoms with Gasteiger partial charge in [-0.25, -0.2) is 4.98 Å². The van der Waals surface area contributed by atoms with Crippen LogP contribution in [0.2, 0.25) is 0 Å². The third-order valence-corrected chi connectivity index (χ3v) is 1.91. The molecule has 4 N–H and O–H groups in total. The van der Waals surface area contributed by atoms with E-state index in [9.17, 15) is 0 Å². The standard InChI is InChI=1S/C10H14N4/c1-3-7(6-13-2)8-4-5-14-10(12)9(8)11/h3-6H,11H2,1-2H3,(H2,12,14)/b7-3+,13-6-. The van der Waals surface area contributed by atoms with Crippen LogP contribution in [0.5, 0.6) is 0 Å². The van der Waals surface area contributed by atoms with Gasteiger partial charge in [-0.2, -0.15) is 0 Å². The zero-order valence-corrected chi connectivity index (χ0v) is 8.36. The maximum atomic E-state index is 5.80. The smallest absolute Gasteiger partial charge is 0.147 e. The second-order valence-electron chi connectivity index (χ2n) is 2.79. The van der Waals surface area contributed by atoms with Crippen LogP contribution in [0.3, 0.4) is 0 Å². The first-order valence-corrected chi connectivity index (χ1v) is 4.29. The Morgan fingerprint density at radius 3 is 2.79 bits per heavy atom. The summed E-state index contributed by atoms with van der Waals surface area (Å²) in [7, 11) is 1.71. The third-order valence-electron chi connectivity index (χ3n) is 1.91. The summed E-state index contributed by atoms with van der Waals surface area (Å²) in [6.45, 7) is 1.92. The molecule has 4 heteroatoms. The molecule has 74 valence electrons. The van der Waals surface area contributed by atoms with Crippen LogP contribution in [0.25, 0.3) is 5.57 Å². The van der Waals surface area contributed by atoms with Gasteiger partial charge in [-0.3, -0.25) is 4.99 Å². The predicted octanol–water partition coefficient (Wildman–Crippen LogP) is 1.35. The summed E-state index contributed by atoms with van der Waals surface area (Å²) in [5.41, 5.74) is 13.7. The summed E-state index contributed by atoms with van der Waals surface area (Å²) < 4.78 is 0. The van der Waals surface area contributed by atoms with Crippen molar-refractivity contribution < 1.29 is 0 Å². The molecule has 0 amide bonds. The average molecular weight is 190 g/mol. The number of hydrogen-bond acceptors (Lipinski definition) is 4. The van der Waals surface area contributed by atoms with Crippen molar-refractivity contribution >= 4 is 23.3 Å². The maximum absolute atomic E-state index is 5.80. The van der Waals surface area contributed by atoms with E-state index in [1.807, 2.05) is 19.1 Å². The van der Waals surface area contributed by atoms with E-state index in [0.29, 0.717) is 11.5 Å². The lowest BCUT2D eigenvalue weighted by Gasteiger charge is -2.06. The van der Waals surface area contributed by atoms with E-state index in [-0.39, 0.29) is 0 Å². The van der Waals surface area contributed by atoms with E-state index in [4.69, 9.17) is 11.5 Å². The van der Waals surface area contributed by atoms with Crippen molar-refractivity contribution in [3.05, 3.63) is 23.9 Å². The molecule has 1 heterocycles. The van der Waals surface area contributed by atoms with Gasteiger partial charge < -0.3 is 11.5 Å². The van der Waals surface area contributed by atoms with Crippen molar-refractivity contribution in [3.8, 4) is 0 Å². The molecular formula is C10H14N4. The Kier molecular flexibility index (Phi) is 3.23. The number of allylic oxidation sites excluding steroid dienone is 2. The number of nitrogens with zero attached hydrogens (tertiary/aromatic N) is 2. The van der Waals surface area contributed by atoms with E-state index < -0.39 is 0 Å². The monoisotopic (exact) mass is 190 g/mol. The molecular weight excluding hydrogens is 176 g/mol. The third kappa shape index (κ3) is 1.90. The Balaban J connectivity index is 3.24. The van der Waals surface area contributed by atoms with E-state index in [1.165, 1.54) is 0 Å². The van der Waals surface area contributed by atoms with Gasteiger partial charge in [0.15, 0.2) is 0 Å². The molecule has 0 saturated carbocycles. The number of anilines is 2. The number of rotatable bonds is 2. The van der Waals surface area contributed by atoms with Crippen LogP contribution in [0.4, 0.5) is 11.5 Å². The molecule has 1 aromatic rings. The number of aromatic nitrogens is 1. The van der Waals surface area contributed by atoms with Gasteiger partial charge in [-0.05, 0) is 18.6 Å². The first kappa shape index (κ1) is 10.2. The molecule has 0 fully saturated rings. The molecule has 0 bridgehead atoms. The molecule has 0 spiro atoms. The quantitative estimate of drug-likeness (QED) is 0.691. The van der Waals surface area contributed by atoms with E-state index in [0.717, 1.165) is 11.1 Å². The van der Waals surface area contributed by atoms with E-state index in [2.05, 4.69) is 9.98 Å². The maximum Gasteiger partial charge on any atom is 0.147 e. The predicted molar refractivity (Wildman–Crippen MR) is 61.1 cm³/mol. The molecule has 0 aliphatic rings. The summed E-state index contributed by atoms with van der Waals surface area (Å²) >= 11 is 0. The Labute approximate surface area is 83.4 Å². The summed E-state index contributed by atoms with van der Waals surface area (Å²) in [6.07, 6.45) is 5.30. The van der Waals surface area contributed by atoms with Crippen LogP contribution in [-0.4, -0.2) is 18.2 Å². The van der Waals surface area contributed by atoms with Crippen molar-refractivity contribution in [3.63, 3.8) is 0 Å². The number of pyridine rings is 1. The minimum absolute atomic E-state index is 0.353. The normalized spacial score (nSPS) is 12.3. The van der Waals surface area contributed by atoms with Gasteiger partial charge in [-0.1, -0.05) is 6.08 Å². The zero-order chi connectivity index (χ0) is 10.6. The van der Waals surface area contributed by atoms with Crippen LogP contribution >= 0.6 is 0 Å². The van der Waals surface area contributed by atoms with Gasteiger partial charge in [0.1, 0.15) is 5.82 Å². The number of nitrogen functional groups attached to an aromatic ring is 2. The Morgan fingerprint density at radius 1 is 1.50 bits per heavy atom. The molecule has 0 radical (unpaired) electrons. The Bertz CT molecular complexity index is 380. The van der Waals surface area contributed by atoms with E-state index >= 15 is 0 Å². The first-order chi connectivity index (χ1) is 6.70. The molecule has 0 aromatic carbocycles. The lowest BCUT2D eigenvalue weighted by molar-refractivity contribution is 1.33. The van der Waals surface area contributed by atoms with Gasteiger partial charge >= 0.3 is 0 Å². The minimum Gasteiger partial charge on any atom is -0.395 e. The van der Waals surface area contributed by atoms with Crippen LogP contribution in [-0.2, 0) is 0 Å². The van der Waals surface area contributed by atoms with Gasteiger partial charge in [0.05, 0.1) is 5.69 Å². The highest BCUT2D eigenvalue weighted by atomic mass is 14.9. The van der Waals surface area contributed by atoms with Crippen molar-refractivity contribution in [1.82, 2.24) is 4.98 Å². The SMILES string of the molecule is C/C=C(\C=N/C)c1ccnc(N)c1N. The van der Waals surface area contributed by atoms with Gasteiger partial charge in [0, 0.05) is 25.0 Å². The van der Waals surface area contributed by atoms with Gasteiger partial charge in [0.2, 0.25) is 0 Å².